The lowest BCUT2D eigenvalue weighted by Crippen LogP contribution is -2.50. The molecule has 2 heterocycles. The third-order valence-corrected chi connectivity index (χ3v) is 7.74. The second kappa shape index (κ2) is 11.4. The number of pyridine rings is 1. The molecule has 10 heteroatoms. The molecule has 0 saturated carbocycles. The number of hydrogen-bond acceptors (Lipinski definition) is 6. The zero-order valence-corrected chi connectivity index (χ0v) is 20.7. The predicted molar refractivity (Wildman–Crippen MR) is 128 cm³/mol. The lowest BCUT2D eigenvalue weighted by molar-refractivity contribution is -0.134. The van der Waals surface area contributed by atoms with Crippen molar-refractivity contribution in [2.75, 3.05) is 32.8 Å². The van der Waals surface area contributed by atoms with Crippen LogP contribution in [0.1, 0.15) is 36.5 Å². The summed E-state index contributed by atoms with van der Waals surface area (Å²) in [6.07, 6.45) is 1.77. The fourth-order valence-electron chi connectivity index (χ4n) is 3.76. The molecule has 1 fully saturated rings. The first-order valence-electron chi connectivity index (χ1n) is 11.4. The molecule has 184 valence electrons. The van der Waals surface area contributed by atoms with Crippen LogP contribution in [0, 0.1) is 13.8 Å². The van der Waals surface area contributed by atoms with Crippen LogP contribution in [0.25, 0.3) is 0 Å². The smallest absolute Gasteiger partial charge is 0.243 e. The van der Waals surface area contributed by atoms with E-state index >= 15 is 0 Å². The van der Waals surface area contributed by atoms with Gasteiger partial charge >= 0.3 is 0 Å². The molecule has 0 radical (unpaired) electrons. The van der Waals surface area contributed by atoms with E-state index in [1.807, 2.05) is 19.9 Å². The van der Waals surface area contributed by atoms with Crippen LogP contribution in [0.15, 0.2) is 41.4 Å². The van der Waals surface area contributed by atoms with Gasteiger partial charge in [-0.25, -0.2) is 13.4 Å². The number of piperazine rings is 1. The van der Waals surface area contributed by atoms with Crippen molar-refractivity contribution in [3.63, 3.8) is 0 Å². The molecule has 2 amide bonds. The first kappa shape index (κ1) is 25.6. The highest BCUT2D eigenvalue weighted by Gasteiger charge is 2.31. The van der Waals surface area contributed by atoms with Gasteiger partial charge in [0.1, 0.15) is 0 Å². The molecule has 34 heavy (non-hydrogen) atoms. The Morgan fingerprint density at radius 3 is 2.50 bits per heavy atom. The molecule has 9 nitrogen and oxygen atoms in total. The molecule has 1 N–H and O–H groups in total. The highest BCUT2D eigenvalue weighted by atomic mass is 32.2. The van der Waals surface area contributed by atoms with E-state index in [1.54, 1.807) is 42.3 Å². The molecule has 2 aromatic rings. The Bertz CT molecular complexity index is 1130. The summed E-state index contributed by atoms with van der Waals surface area (Å²) in [5.74, 6) is 0.129. The SMILES string of the molecule is CCOc1cc(CNC(=O)CCC(=O)N2CCN(S(=O)(=O)c3cc(C)ccc3C)CC2)ccn1. The van der Waals surface area contributed by atoms with Crippen LogP contribution in [0.3, 0.4) is 0 Å². The summed E-state index contributed by atoms with van der Waals surface area (Å²) in [6.45, 7) is 7.43. The molecule has 1 saturated heterocycles. The van der Waals surface area contributed by atoms with Crippen molar-refractivity contribution in [1.29, 1.82) is 0 Å². The number of benzene rings is 1. The summed E-state index contributed by atoms with van der Waals surface area (Å²) < 4.78 is 32.9. The first-order valence-corrected chi connectivity index (χ1v) is 12.8. The normalized spacial score (nSPS) is 14.6. The fourth-order valence-corrected chi connectivity index (χ4v) is 5.49. The van der Waals surface area contributed by atoms with Gasteiger partial charge in [-0.05, 0) is 49.6 Å². The number of hydrogen-bond donors (Lipinski definition) is 1. The zero-order chi connectivity index (χ0) is 24.7. The molecule has 1 aromatic carbocycles. The van der Waals surface area contributed by atoms with Gasteiger partial charge in [-0.15, -0.1) is 0 Å². The Morgan fingerprint density at radius 1 is 1.06 bits per heavy atom. The Hall–Kier alpha value is -2.98. The van der Waals surface area contributed by atoms with Gasteiger partial charge in [-0.1, -0.05) is 12.1 Å². The van der Waals surface area contributed by atoms with Crippen molar-refractivity contribution in [2.45, 2.75) is 45.1 Å². The molecule has 0 atom stereocenters. The van der Waals surface area contributed by atoms with Crippen LogP contribution >= 0.6 is 0 Å². The number of ether oxygens (including phenoxy) is 1. The van der Waals surface area contributed by atoms with Gasteiger partial charge in [0.25, 0.3) is 0 Å². The summed E-state index contributed by atoms with van der Waals surface area (Å²) in [7, 11) is -3.61. The topological polar surface area (TPSA) is 109 Å². The maximum absolute atomic E-state index is 13.1. The van der Waals surface area contributed by atoms with Crippen LogP contribution in [0.2, 0.25) is 0 Å². The fraction of sp³-hybridized carbons (Fsp3) is 0.458. The number of nitrogens with zero attached hydrogens (tertiary/aromatic N) is 3. The molecule has 0 aliphatic carbocycles. The molecule has 1 aromatic heterocycles. The number of amides is 2. The van der Waals surface area contributed by atoms with Gasteiger partial charge in [-0.3, -0.25) is 9.59 Å². The van der Waals surface area contributed by atoms with E-state index < -0.39 is 10.0 Å². The average molecular weight is 489 g/mol. The molecule has 0 bridgehead atoms. The summed E-state index contributed by atoms with van der Waals surface area (Å²) >= 11 is 0. The number of nitrogens with one attached hydrogen (secondary N) is 1. The van der Waals surface area contributed by atoms with Crippen LogP contribution in [0.5, 0.6) is 5.88 Å². The van der Waals surface area contributed by atoms with E-state index in [0.717, 1.165) is 11.1 Å². The minimum Gasteiger partial charge on any atom is -0.478 e. The van der Waals surface area contributed by atoms with Gasteiger partial charge in [0.2, 0.25) is 27.7 Å². The van der Waals surface area contributed by atoms with E-state index in [9.17, 15) is 18.0 Å². The molecule has 0 spiro atoms. The Balaban J connectivity index is 1.45. The van der Waals surface area contributed by atoms with E-state index in [1.165, 1.54) is 4.31 Å². The number of sulfonamides is 1. The van der Waals surface area contributed by atoms with Gasteiger partial charge in [-0.2, -0.15) is 4.31 Å². The van der Waals surface area contributed by atoms with Crippen molar-refractivity contribution in [3.05, 3.63) is 53.2 Å². The maximum Gasteiger partial charge on any atom is 0.243 e. The van der Waals surface area contributed by atoms with E-state index in [4.69, 9.17) is 4.74 Å². The van der Waals surface area contributed by atoms with Crippen LogP contribution < -0.4 is 10.1 Å². The van der Waals surface area contributed by atoms with Crippen LogP contribution in [-0.2, 0) is 26.2 Å². The highest BCUT2D eigenvalue weighted by Crippen LogP contribution is 2.22. The third-order valence-electron chi connectivity index (χ3n) is 5.70. The standard InChI is InChI=1S/C24H32N4O5S/c1-4-33-23-16-20(9-10-25-23)17-26-22(29)7-8-24(30)27-11-13-28(14-12-27)34(31,32)21-15-18(2)5-6-19(21)3/h5-6,9-10,15-16H,4,7-8,11-14,17H2,1-3H3,(H,26,29). The molecule has 0 unspecified atom stereocenters. The highest BCUT2D eigenvalue weighted by molar-refractivity contribution is 7.89. The minimum atomic E-state index is -3.61. The van der Waals surface area contributed by atoms with E-state index in [-0.39, 0.29) is 37.7 Å². The van der Waals surface area contributed by atoms with Crippen molar-refractivity contribution in [1.82, 2.24) is 19.5 Å². The molecule has 1 aliphatic heterocycles. The number of carbonyl (C=O) groups excluding carboxylic acids is 2. The van der Waals surface area contributed by atoms with E-state index in [0.29, 0.717) is 42.6 Å². The van der Waals surface area contributed by atoms with E-state index in [2.05, 4.69) is 10.3 Å². The molecule has 1 aliphatic rings. The summed E-state index contributed by atoms with van der Waals surface area (Å²) in [6, 6.07) is 8.93. The molecule has 3 rings (SSSR count). The molecular weight excluding hydrogens is 456 g/mol. The summed E-state index contributed by atoms with van der Waals surface area (Å²) in [5.41, 5.74) is 2.45. The summed E-state index contributed by atoms with van der Waals surface area (Å²) in [5, 5.41) is 2.80. The van der Waals surface area contributed by atoms with Crippen molar-refractivity contribution in [3.8, 4) is 5.88 Å². The second-order valence-electron chi connectivity index (χ2n) is 8.27. The van der Waals surface area contributed by atoms with Gasteiger partial charge in [0.05, 0.1) is 11.5 Å². The Labute approximate surface area is 201 Å². The third kappa shape index (κ3) is 6.54. The van der Waals surface area contributed by atoms with Crippen LogP contribution in [-0.4, -0.2) is 67.2 Å². The number of rotatable bonds is 9. The van der Waals surface area contributed by atoms with Gasteiger partial charge in [0, 0.05) is 57.8 Å². The monoisotopic (exact) mass is 488 g/mol. The Morgan fingerprint density at radius 2 is 1.79 bits per heavy atom. The number of aromatic nitrogens is 1. The quantitative estimate of drug-likeness (QED) is 0.579. The van der Waals surface area contributed by atoms with Gasteiger partial charge < -0.3 is 15.0 Å². The minimum absolute atomic E-state index is 0.0727. The predicted octanol–water partition coefficient (Wildman–Crippen LogP) is 2.03. The van der Waals surface area contributed by atoms with Crippen molar-refractivity contribution < 1.29 is 22.7 Å². The van der Waals surface area contributed by atoms with Gasteiger partial charge in [0.15, 0.2) is 0 Å². The Kier molecular flexibility index (Phi) is 8.62. The van der Waals surface area contributed by atoms with Crippen molar-refractivity contribution in [2.24, 2.45) is 0 Å². The zero-order valence-electron chi connectivity index (χ0n) is 19.9. The number of aryl methyl sites for hydroxylation is 2. The molecular formula is C24H32N4O5S. The largest absolute Gasteiger partial charge is 0.478 e. The first-order chi connectivity index (χ1) is 16.2. The number of carbonyl (C=O) groups is 2. The van der Waals surface area contributed by atoms with Crippen LogP contribution in [0.4, 0.5) is 0 Å². The second-order valence-corrected chi connectivity index (χ2v) is 10.2. The average Bonchev–Trinajstić information content (AvgIpc) is 2.83. The lowest BCUT2D eigenvalue weighted by atomic mass is 10.2. The maximum atomic E-state index is 13.1. The lowest BCUT2D eigenvalue weighted by Gasteiger charge is -2.34. The summed E-state index contributed by atoms with van der Waals surface area (Å²) in [4.78, 5) is 30.8. The van der Waals surface area contributed by atoms with Crippen molar-refractivity contribution >= 4 is 21.8 Å².